The normalized spacial score (nSPS) is 12.5. The van der Waals surface area contributed by atoms with Gasteiger partial charge in [0.15, 0.2) is 21.8 Å². The van der Waals surface area contributed by atoms with Crippen LogP contribution in [0.2, 0.25) is 0 Å². The summed E-state index contributed by atoms with van der Waals surface area (Å²) in [7, 11) is 1.65. The first-order valence-electron chi connectivity index (χ1n) is 9.05. The molecular formula is C19H25N5O2S2. The van der Waals surface area contributed by atoms with Gasteiger partial charge < -0.3 is 20.9 Å². The number of thioether (sulfide) groups is 1. The molecule has 7 nitrogen and oxygen atoms in total. The van der Waals surface area contributed by atoms with E-state index >= 15 is 0 Å². The highest BCUT2D eigenvalue weighted by Crippen LogP contribution is 2.32. The standard InChI is InChI=1S/C19H25N5O2S2/c1-11(2)8-13(9-25)21-16-15-17(22-18(20)28-15)24-19(23-16)27-10-12-4-6-14(26-3)7-5-12/h4-7,11,13,25H,8-10H2,1-3H3,(H3,20,21,22,23,24). The Morgan fingerprint density at radius 1 is 1.21 bits per heavy atom. The summed E-state index contributed by atoms with van der Waals surface area (Å²) in [6.07, 6.45) is 0.838. The molecule has 1 atom stereocenters. The van der Waals surface area contributed by atoms with Crippen molar-refractivity contribution in [2.75, 3.05) is 24.8 Å². The Morgan fingerprint density at radius 3 is 2.61 bits per heavy atom. The minimum Gasteiger partial charge on any atom is -0.497 e. The number of anilines is 2. The third-order valence-electron chi connectivity index (χ3n) is 4.09. The van der Waals surface area contributed by atoms with E-state index in [1.165, 1.54) is 23.1 Å². The van der Waals surface area contributed by atoms with Crippen molar-refractivity contribution in [1.82, 2.24) is 15.0 Å². The van der Waals surface area contributed by atoms with Crippen molar-refractivity contribution in [1.29, 1.82) is 0 Å². The Kier molecular flexibility index (Phi) is 6.93. The molecule has 9 heteroatoms. The molecule has 0 amide bonds. The number of nitrogens with zero attached hydrogens (tertiary/aromatic N) is 3. The number of aliphatic hydroxyl groups excluding tert-OH is 1. The van der Waals surface area contributed by atoms with E-state index in [-0.39, 0.29) is 12.6 Å². The molecular weight excluding hydrogens is 394 g/mol. The quantitative estimate of drug-likeness (QED) is 0.355. The lowest BCUT2D eigenvalue weighted by Crippen LogP contribution is -2.26. The maximum absolute atomic E-state index is 9.72. The van der Waals surface area contributed by atoms with Gasteiger partial charge in [0.05, 0.1) is 19.8 Å². The minimum atomic E-state index is -0.0825. The number of nitrogens with one attached hydrogen (secondary N) is 1. The zero-order valence-electron chi connectivity index (χ0n) is 16.2. The van der Waals surface area contributed by atoms with Crippen molar-refractivity contribution < 1.29 is 9.84 Å². The number of ether oxygens (including phenoxy) is 1. The van der Waals surface area contributed by atoms with E-state index in [9.17, 15) is 5.11 Å². The summed E-state index contributed by atoms with van der Waals surface area (Å²) in [5.74, 6) is 2.69. The molecule has 0 bridgehead atoms. The SMILES string of the molecule is COc1ccc(CSc2nc(NC(CO)CC(C)C)c3sc(N)nc3n2)cc1. The molecule has 0 aliphatic heterocycles. The first-order chi connectivity index (χ1) is 13.5. The summed E-state index contributed by atoms with van der Waals surface area (Å²) in [5, 5.41) is 14.1. The Morgan fingerprint density at radius 2 is 1.96 bits per heavy atom. The average Bonchev–Trinajstić information content (AvgIpc) is 3.06. The van der Waals surface area contributed by atoms with Gasteiger partial charge in [-0.05, 0) is 30.0 Å². The molecule has 0 spiro atoms. The lowest BCUT2D eigenvalue weighted by molar-refractivity contribution is 0.259. The molecule has 1 unspecified atom stereocenters. The van der Waals surface area contributed by atoms with Crippen LogP contribution in [0.3, 0.4) is 0 Å². The fraction of sp³-hybridized carbons (Fsp3) is 0.421. The smallest absolute Gasteiger partial charge is 0.191 e. The molecule has 0 saturated carbocycles. The molecule has 2 heterocycles. The first-order valence-corrected chi connectivity index (χ1v) is 10.9. The monoisotopic (exact) mass is 419 g/mol. The molecule has 0 aliphatic rings. The van der Waals surface area contributed by atoms with Crippen LogP contribution in [0, 0.1) is 5.92 Å². The molecule has 0 radical (unpaired) electrons. The Hall–Kier alpha value is -2.10. The van der Waals surface area contributed by atoms with E-state index in [1.54, 1.807) is 7.11 Å². The Labute approximate surface area is 172 Å². The first kappa shape index (κ1) is 20.6. The van der Waals surface area contributed by atoms with Crippen LogP contribution in [-0.2, 0) is 5.75 Å². The highest BCUT2D eigenvalue weighted by atomic mass is 32.2. The number of aliphatic hydroxyl groups is 1. The van der Waals surface area contributed by atoms with Crippen LogP contribution >= 0.6 is 23.1 Å². The summed E-state index contributed by atoms with van der Waals surface area (Å²) < 4.78 is 6.01. The van der Waals surface area contributed by atoms with Crippen LogP contribution < -0.4 is 15.8 Å². The molecule has 1 aromatic carbocycles. The zero-order valence-corrected chi connectivity index (χ0v) is 17.8. The van der Waals surface area contributed by atoms with Gasteiger partial charge in [0.1, 0.15) is 10.4 Å². The van der Waals surface area contributed by atoms with Crippen LogP contribution in [0.4, 0.5) is 10.9 Å². The molecule has 0 fully saturated rings. The summed E-state index contributed by atoms with van der Waals surface area (Å²) in [4.78, 5) is 13.5. The van der Waals surface area contributed by atoms with E-state index in [2.05, 4.69) is 34.1 Å². The molecule has 4 N–H and O–H groups in total. The van der Waals surface area contributed by atoms with E-state index < -0.39 is 0 Å². The number of nitrogens with two attached hydrogens (primary N) is 1. The van der Waals surface area contributed by atoms with Gasteiger partial charge in [-0.1, -0.05) is 49.1 Å². The summed E-state index contributed by atoms with van der Waals surface area (Å²) in [6.45, 7) is 4.29. The van der Waals surface area contributed by atoms with Crippen LogP contribution in [0.5, 0.6) is 5.75 Å². The van der Waals surface area contributed by atoms with E-state index in [4.69, 9.17) is 10.5 Å². The number of nitrogen functional groups attached to an aromatic ring is 1. The summed E-state index contributed by atoms with van der Waals surface area (Å²) in [6, 6.07) is 7.84. The second-order valence-electron chi connectivity index (χ2n) is 6.85. The van der Waals surface area contributed by atoms with Gasteiger partial charge in [-0.25, -0.2) is 15.0 Å². The van der Waals surface area contributed by atoms with Crippen molar-refractivity contribution in [2.45, 2.75) is 37.2 Å². The second kappa shape index (κ2) is 9.40. The Bertz CT molecular complexity index is 915. The molecule has 150 valence electrons. The van der Waals surface area contributed by atoms with Crippen molar-refractivity contribution in [3.05, 3.63) is 29.8 Å². The number of benzene rings is 1. The summed E-state index contributed by atoms with van der Waals surface area (Å²) in [5.41, 5.74) is 7.62. The Balaban J connectivity index is 1.82. The van der Waals surface area contributed by atoms with E-state index in [1.807, 2.05) is 24.3 Å². The minimum absolute atomic E-state index is 0.0340. The van der Waals surface area contributed by atoms with Crippen LogP contribution in [0.25, 0.3) is 10.3 Å². The van der Waals surface area contributed by atoms with Gasteiger partial charge in [0.2, 0.25) is 0 Å². The van der Waals surface area contributed by atoms with Crippen LogP contribution in [0.15, 0.2) is 29.4 Å². The molecule has 2 aromatic heterocycles. The predicted molar refractivity (Wildman–Crippen MR) is 116 cm³/mol. The predicted octanol–water partition coefficient (Wildman–Crippen LogP) is 3.79. The highest BCUT2D eigenvalue weighted by molar-refractivity contribution is 7.98. The number of rotatable bonds is 9. The van der Waals surface area contributed by atoms with Crippen molar-refractivity contribution >= 4 is 44.4 Å². The van der Waals surface area contributed by atoms with Gasteiger partial charge in [0, 0.05) is 5.75 Å². The topological polar surface area (TPSA) is 106 Å². The molecule has 0 saturated heterocycles. The molecule has 3 aromatic rings. The maximum Gasteiger partial charge on any atom is 0.191 e. The van der Waals surface area contributed by atoms with Crippen molar-refractivity contribution in [3.8, 4) is 5.75 Å². The number of fused-ring (bicyclic) bond motifs is 1. The second-order valence-corrected chi connectivity index (χ2v) is 8.82. The number of methoxy groups -OCH3 is 1. The highest BCUT2D eigenvalue weighted by Gasteiger charge is 2.17. The lowest BCUT2D eigenvalue weighted by Gasteiger charge is -2.19. The third kappa shape index (κ3) is 5.24. The van der Waals surface area contributed by atoms with E-state index in [0.29, 0.717) is 27.7 Å². The van der Waals surface area contributed by atoms with Gasteiger partial charge in [-0.3, -0.25) is 0 Å². The average molecular weight is 420 g/mol. The van der Waals surface area contributed by atoms with Crippen molar-refractivity contribution in [3.63, 3.8) is 0 Å². The molecule has 0 aliphatic carbocycles. The summed E-state index contributed by atoms with van der Waals surface area (Å²) >= 11 is 2.88. The van der Waals surface area contributed by atoms with Gasteiger partial charge in [0.25, 0.3) is 0 Å². The fourth-order valence-electron chi connectivity index (χ4n) is 2.79. The maximum atomic E-state index is 9.72. The van der Waals surface area contributed by atoms with Crippen LogP contribution in [0.1, 0.15) is 25.8 Å². The number of aromatic nitrogens is 3. The number of hydrogen-bond donors (Lipinski definition) is 3. The molecule has 3 rings (SSSR count). The van der Waals surface area contributed by atoms with Crippen LogP contribution in [-0.4, -0.2) is 39.8 Å². The zero-order chi connectivity index (χ0) is 20.1. The van der Waals surface area contributed by atoms with Gasteiger partial charge >= 0.3 is 0 Å². The van der Waals surface area contributed by atoms with E-state index in [0.717, 1.165) is 28.2 Å². The third-order valence-corrected chi connectivity index (χ3v) is 5.89. The lowest BCUT2D eigenvalue weighted by atomic mass is 10.0. The fourth-order valence-corrected chi connectivity index (χ4v) is 4.31. The largest absolute Gasteiger partial charge is 0.497 e. The van der Waals surface area contributed by atoms with Crippen molar-refractivity contribution in [2.24, 2.45) is 5.92 Å². The van der Waals surface area contributed by atoms with Gasteiger partial charge in [-0.2, -0.15) is 0 Å². The number of hydrogen-bond acceptors (Lipinski definition) is 9. The van der Waals surface area contributed by atoms with Gasteiger partial charge in [-0.15, -0.1) is 0 Å². The molecule has 28 heavy (non-hydrogen) atoms. The number of thiazole rings is 1.